The molecule has 0 amide bonds. The fourth-order valence-corrected chi connectivity index (χ4v) is 3.64. The zero-order valence-corrected chi connectivity index (χ0v) is 15.1. The van der Waals surface area contributed by atoms with Crippen molar-refractivity contribution >= 4 is 17.7 Å². The Morgan fingerprint density at radius 1 is 1.30 bits per heavy atom. The van der Waals surface area contributed by atoms with Gasteiger partial charge in [-0.15, -0.1) is 16.9 Å². The number of nitrogens with zero attached hydrogens (tertiary/aromatic N) is 3. The number of esters is 1. The number of para-hydroxylation sites is 1. The van der Waals surface area contributed by atoms with Crippen LogP contribution < -0.4 is 4.74 Å². The largest absolute Gasteiger partial charge is 0.485 e. The van der Waals surface area contributed by atoms with Crippen LogP contribution in [0, 0.1) is 5.82 Å². The molecule has 0 saturated carbocycles. The molecule has 1 aromatic heterocycles. The van der Waals surface area contributed by atoms with Gasteiger partial charge in [-0.3, -0.25) is 0 Å². The number of halogens is 1. The Hall–Kier alpha value is -2.87. The van der Waals surface area contributed by atoms with Crippen molar-refractivity contribution in [2.24, 2.45) is 0 Å². The first-order valence-corrected chi connectivity index (χ1v) is 9.36. The number of carbonyl (C=O) groups is 1. The molecule has 1 unspecified atom stereocenters. The van der Waals surface area contributed by atoms with Gasteiger partial charge in [0.2, 0.25) is 0 Å². The summed E-state index contributed by atoms with van der Waals surface area (Å²) in [6.45, 7) is 0.453. The summed E-state index contributed by atoms with van der Waals surface area (Å²) in [6.07, 6.45) is 1.27. The van der Waals surface area contributed by atoms with E-state index in [-0.39, 0.29) is 24.2 Å². The summed E-state index contributed by atoms with van der Waals surface area (Å²) in [5, 5.41) is 7.73. The number of thioether (sulfide) groups is 1. The van der Waals surface area contributed by atoms with Crippen molar-refractivity contribution in [3.05, 3.63) is 71.8 Å². The molecule has 4 rings (SSSR count). The Labute approximate surface area is 159 Å². The summed E-state index contributed by atoms with van der Waals surface area (Å²) >= 11 is 1.67. The fraction of sp³-hybridized carbons (Fsp3) is 0.211. The molecule has 1 aliphatic rings. The van der Waals surface area contributed by atoms with Crippen molar-refractivity contribution in [3.63, 3.8) is 0 Å². The summed E-state index contributed by atoms with van der Waals surface area (Å²) in [5.74, 6) is 0.624. The molecule has 0 aliphatic carbocycles. The summed E-state index contributed by atoms with van der Waals surface area (Å²) in [6, 6.07) is 13.9. The Morgan fingerprint density at radius 3 is 3.07 bits per heavy atom. The number of hydrogen-bond donors (Lipinski definition) is 0. The molecule has 0 N–H and O–H groups in total. The van der Waals surface area contributed by atoms with Crippen LogP contribution in [0.3, 0.4) is 0 Å². The molecule has 27 heavy (non-hydrogen) atoms. The van der Waals surface area contributed by atoms with Crippen LogP contribution in [0.1, 0.15) is 16.1 Å². The normalized spacial score (nSPS) is 15.7. The maximum atomic E-state index is 13.2. The van der Waals surface area contributed by atoms with E-state index in [0.717, 1.165) is 16.2 Å². The van der Waals surface area contributed by atoms with E-state index in [1.807, 2.05) is 24.3 Å². The number of carbonyl (C=O) groups excluding carboxylic acids is 1. The number of rotatable bonds is 5. The van der Waals surface area contributed by atoms with Gasteiger partial charge in [0.25, 0.3) is 0 Å². The van der Waals surface area contributed by atoms with Crippen molar-refractivity contribution in [1.29, 1.82) is 0 Å². The predicted molar refractivity (Wildman–Crippen MR) is 97.4 cm³/mol. The van der Waals surface area contributed by atoms with Gasteiger partial charge in [0.1, 0.15) is 24.3 Å². The maximum absolute atomic E-state index is 13.2. The van der Waals surface area contributed by atoms with Gasteiger partial charge in [-0.05, 0) is 29.8 Å². The van der Waals surface area contributed by atoms with E-state index in [1.54, 1.807) is 23.9 Å². The summed E-state index contributed by atoms with van der Waals surface area (Å²) in [7, 11) is 0. The van der Waals surface area contributed by atoms with Gasteiger partial charge < -0.3 is 9.47 Å². The van der Waals surface area contributed by atoms with E-state index in [9.17, 15) is 9.18 Å². The van der Waals surface area contributed by atoms with Crippen LogP contribution in [0.25, 0.3) is 0 Å². The highest BCUT2D eigenvalue weighted by Gasteiger charge is 2.22. The van der Waals surface area contributed by atoms with Crippen LogP contribution in [0.5, 0.6) is 5.75 Å². The first-order valence-electron chi connectivity index (χ1n) is 8.37. The van der Waals surface area contributed by atoms with E-state index < -0.39 is 5.97 Å². The smallest absolute Gasteiger partial charge is 0.360 e. The molecule has 1 atom stereocenters. The summed E-state index contributed by atoms with van der Waals surface area (Å²) in [4.78, 5) is 13.3. The van der Waals surface area contributed by atoms with Crippen LogP contribution in [-0.2, 0) is 11.3 Å². The molecule has 6 nitrogen and oxygen atoms in total. The van der Waals surface area contributed by atoms with Crippen LogP contribution in [0.4, 0.5) is 4.39 Å². The summed E-state index contributed by atoms with van der Waals surface area (Å²) < 4.78 is 25.9. The number of ether oxygens (including phenoxy) is 2. The van der Waals surface area contributed by atoms with Crippen LogP contribution in [0.15, 0.2) is 59.6 Å². The lowest BCUT2D eigenvalue weighted by Gasteiger charge is -2.24. The second kappa shape index (κ2) is 7.79. The lowest BCUT2D eigenvalue weighted by Crippen LogP contribution is -2.29. The highest BCUT2D eigenvalue weighted by molar-refractivity contribution is 7.99. The third-order valence-corrected chi connectivity index (χ3v) is 5.14. The predicted octanol–water partition coefficient (Wildman–Crippen LogP) is 3.18. The van der Waals surface area contributed by atoms with E-state index in [0.29, 0.717) is 12.3 Å². The Morgan fingerprint density at radius 2 is 2.19 bits per heavy atom. The Balaban J connectivity index is 1.32. The number of fused-ring (bicyclic) bond motifs is 1. The fourth-order valence-electron chi connectivity index (χ4n) is 2.68. The third-order valence-electron chi connectivity index (χ3n) is 3.95. The zero-order chi connectivity index (χ0) is 18.6. The van der Waals surface area contributed by atoms with Gasteiger partial charge in [-0.25, -0.2) is 13.9 Å². The van der Waals surface area contributed by atoms with E-state index in [2.05, 4.69) is 10.3 Å². The van der Waals surface area contributed by atoms with Crippen molar-refractivity contribution in [3.8, 4) is 5.75 Å². The van der Waals surface area contributed by atoms with E-state index in [1.165, 1.54) is 23.0 Å². The molecule has 8 heteroatoms. The average Bonchev–Trinajstić information content (AvgIpc) is 3.14. The lowest BCUT2D eigenvalue weighted by molar-refractivity contribution is 0.0332. The van der Waals surface area contributed by atoms with Gasteiger partial charge >= 0.3 is 5.97 Å². The van der Waals surface area contributed by atoms with E-state index >= 15 is 0 Å². The van der Waals surface area contributed by atoms with Gasteiger partial charge in [0, 0.05) is 10.6 Å². The number of benzene rings is 2. The number of aromatic nitrogens is 3. The first kappa shape index (κ1) is 17.5. The third kappa shape index (κ3) is 4.28. The standard InChI is InChI=1S/C19H16FN3O3S/c20-14-5-3-4-13(8-14)9-23-10-16(21-22-23)19(24)25-11-15-12-27-18-7-2-1-6-17(18)26-15/h1-8,10,15H,9,11-12H2. The lowest BCUT2D eigenvalue weighted by atomic mass is 10.2. The van der Waals surface area contributed by atoms with Crippen molar-refractivity contribution in [1.82, 2.24) is 15.0 Å². The molecule has 2 heterocycles. The average molecular weight is 385 g/mol. The minimum absolute atomic E-state index is 0.107. The number of hydrogen-bond acceptors (Lipinski definition) is 6. The molecule has 0 radical (unpaired) electrons. The van der Waals surface area contributed by atoms with Crippen LogP contribution in [-0.4, -0.2) is 39.4 Å². The minimum atomic E-state index is -0.562. The molecule has 1 aliphatic heterocycles. The first-order chi connectivity index (χ1) is 13.2. The summed E-state index contributed by atoms with van der Waals surface area (Å²) in [5.41, 5.74) is 0.835. The van der Waals surface area contributed by atoms with Crippen molar-refractivity contribution in [2.45, 2.75) is 17.5 Å². The topological polar surface area (TPSA) is 66.2 Å². The molecular formula is C19H16FN3O3S. The highest BCUT2D eigenvalue weighted by Crippen LogP contribution is 2.34. The molecule has 0 saturated heterocycles. The van der Waals surface area contributed by atoms with Crippen LogP contribution >= 0.6 is 11.8 Å². The van der Waals surface area contributed by atoms with Gasteiger partial charge in [0.05, 0.1) is 12.7 Å². The zero-order valence-electron chi connectivity index (χ0n) is 14.2. The molecule has 138 valence electrons. The van der Waals surface area contributed by atoms with Crippen molar-refractivity contribution < 1.29 is 18.7 Å². The molecule has 0 bridgehead atoms. The maximum Gasteiger partial charge on any atom is 0.360 e. The SMILES string of the molecule is O=C(OCC1CSc2ccccc2O1)c1cn(Cc2cccc(F)c2)nn1. The molecule has 0 fully saturated rings. The monoisotopic (exact) mass is 385 g/mol. The second-order valence-corrected chi connectivity index (χ2v) is 7.09. The minimum Gasteiger partial charge on any atom is -0.485 e. The molecule has 0 spiro atoms. The second-order valence-electron chi connectivity index (χ2n) is 6.03. The Kier molecular flexibility index (Phi) is 5.06. The van der Waals surface area contributed by atoms with Crippen LogP contribution in [0.2, 0.25) is 0 Å². The molecular weight excluding hydrogens is 369 g/mol. The van der Waals surface area contributed by atoms with Gasteiger partial charge in [-0.1, -0.05) is 29.5 Å². The van der Waals surface area contributed by atoms with Gasteiger partial charge in [-0.2, -0.15) is 0 Å². The Bertz CT molecular complexity index is 963. The quantitative estimate of drug-likeness (QED) is 0.629. The molecule has 2 aromatic carbocycles. The van der Waals surface area contributed by atoms with Gasteiger partial charge in [0.15, 0.2) is 5.69 Å². The molecule has 3 aromatic rings. The highest BCUT2D eigenvalue weighted by atomic mass is 32.2. The van der Waals surface area contributed by atoms with Crippen molar-refractivity contribution in [2.75, 3.05) is 12.4 Å². The van der Waals surface area contributed by atoms with E-state index in [4.69, 9.17) is 9.47 Å².